The molecule has 1 aromatic carbocycles. The SMILES string of the molecule is C[C@@H]1C[C@H](n2c(CC(=O)Nc3ncc(C(F)(F)F)cn3)nc3cnc4ccc(C#N)cc4c32)CCO1. The average Bonchev–Trinajstić information content (AvgIpc) is 3.21. The van der Waals surface area contributed by atoms with Crippen LogP contribution in [0.5, 0.6) is 0 Å². The van der Waals surface area contributed by atoms with Gasteiger partial charge in [0.1, 0.15) is 11.3 Å². The Morgan fingerprint density at radius 1 is 1.22 bits per heavy atom. The zero-order valence-electron chi connectivity index (χ0n) is 19.1. The van der Waals surface area contributed by atoms with E-state index in [9.17, 15) is 23.2 Å². The molecule has 1 aliphatic rings. The van der Waals surface area contributed by atoms with Crippen molar-refractivity contribution < 1.29 is 22.7 Å². The highest BCUT2D eigenvalue weighted by Crippen LogP contribution is 2.34. The van der Waals surface area contributed by atoms with Crippen LogP contribution in [0, 0.1) is 11.3 Å². The number of benzene rings is 1. The maximum absolute atomic E-state index is 12.9. The van der Waals surface area contributed by atoms with E-state index in [1.807, 2.05) is 11.5 Å². The second kappa shape index (κ2) is 9.16. The summed E-state index contributed by atoms with van der Waals surface area (Å²) in [4.78, 5) is 29.2. The van der Waals surface area contributed by atoms with E-state index >= 15 is 0 Å². The molecule has 0 spiro atoms. The fraction of sp³-hybridized carbons (Fsp3) is 0.333. The van der Waals surface area contributed by atoms with Gasteiger partial charge < -0.3 is 9.30 Å². The summed E-state index contributed by atoms with van der Waals surface area (Å²) in [5.74, 6) is -0.298. The number of nitriles is 1. The molecule has 12 heteroatoms. The van der Waals surface area contributed by atoms with Crippen LogP contribution in [0.2, 0.25) is 0 Å². The molecule has 1 amide bonds. The number of hydrogen-bond acceptors (Lipinski definition) is 7. The number of amides is 1. The first-order valence-corrected chi connectivity index (χ1v) is 11.2. The minimum absolute atomic E-state index is 0.00574. The molecule has 2 atom stereocenters. The summed E-state index contributed by atoms with van der Waals surface area (Å²) < 4.78 is 46.0. The zero-order valence-corrected chi connectivity index (χ0v) is 19.1. The van der Waals surface area contributed by atoms with E-state index in [2.05, 4.69) is 31.3 Å². The Morgan fingerprint density at radius 2 is 2.00 bits per heavy atom. The van der Waals surface area contributed by atoms with Gasteiger partial charge in [0.25, 0.3) is 0 Å². The van der Waals surface area contributed by atoms with Crippen molar-refractivity contribution in [3.05, 3.63) is 53.7 Å². The summed E-state index contributed by atoms with van der Waals surface area (Å²) in [5.41, 5.74) is 1.50. The fourth-order valence-corrected chi connectivity index (χ4v) is 4.47. The fourth-order valence-electron chi connectivity index (χ4n) is 4.47. The maximum Gasteiger partial charge on any atom is 0.419 e. The molecular formula is C24H20F3N7O2. The summed E-state index contributed by atoms with van der Waals surface area (Å²) in [6.07, 6.45) is -0.467. The van der Waals surface area contributed by atoms with Gasteiger partial charge in [-0.15, -0.1) is 0 Å². The second-order valence-electron chi connectivity index (χ2n) is 8.61. The van der Waals surface area contributed by atoms with Gasteiger partial charge in [0, 0.05) is 30.4 Å². The van der Waals surface area contributed by atoms with E-state index in [4.69, 9.17) is 4.74 Å². The van der Waals surface area contributed by atoms with Crippen LogP contribution < -0.4 is 5.32 Å². The third-order valence-corrected chi connectivity index (χ3v) is 6.09. The van der Waals surface area contributed by atoms with E-state index < -0.39 is 17.6 Å². The number of aromatic nitrogens is 5. The lowest BCUT2D eigenvalue weighted by Crippen LogP contribution is -2.28. The van der Waals surface area contributed by atoms with Crippen LogP contribution in [-0.2, 0) is 22.1 Å². The first-order chi connectivity index (χ1) is 17.2. The van der Waals surface area contributed by atoms with Crippen molar-refractivity contribution >= 4 is 33.8 Å². The molecule has 184 valence electrons. The minimum atomic E-state index is -4.57. The highest BCUT2D eigenvalue weighted by molar-refractivity contribution is 6.03. The molecule has 1 N–H and O–H groups in total. The largest absolute Gasteiger partial charge is 0.419 e. The quantitative estimate of drug-likeness (QED) is 0.451. The van der Waals surface area contributed by atoms with Crippen molar-refractivity contribution in [3.63, 3.8) is 0 Å². The van der Waals surface area contributed by atoms with Crippen molar-refractivity contribution in [2.75, 3.05) is 11.9 Å². The molecule has 0 radical (unpaired) electrons. The summed E-state index contributed by atoms with van der Waals surface area (Å²) >= 11 is 0. The Morgan fingerprint density at radius 3 is 2.69 bits per heavy atom. The molecule has 1 fully saturated rings. The second-order valence-corrected chi connectivity index (χ2v) is 8.61. The number of halogens is 3. The summed E-state index contributed by atoms with van der Waals surface area (Å²) in [6.45, 7) is 2.52. The van der Waals surface area contributed by atoms with Gasteiger partial charge in [-0.3, -0.25) is 15.1 Å². The van der Waals surface area contributed by atoms with Crippen molar-refractivity contribution in [1.82, 2.24) is 24.5 Å². The molecule has 1 aliphatic heterocycles. The molecule has 9 nitrogen and oxygen atoms in total. The van der Waals surface area contributed by atoms with Crippen LogP contribution in [0.3, 0.4) is 0 Å². The smallest absolute Gasteiger partial charge is 0.378 e. The third kappa shape index (κ3) is 4.57. The molecular weight excluding hydrogens is 475 g/mol. The van der Waals surface area contributed by atoms with Gasteiger partial charge in [-0.1, -0.05) is 0 Å². The Balaban J connectivity index is 1.53. The van der Waals surface area contributed by atoms with Crippen molar-refractivity contribution in [2.24, 2.45) is 0 Å². The Kier molecular flexibility index (Phi) is 6.01. The van der Waals surface area contributed by atoms with Gasteiger partial charge in [-0.25, -0.2) is 15.0 Å². The van der Waals surface area contributed by atoms with E-state index in [0.717, 1.165) is 10.9 Å². The first kappa shape index (κ1) is 23.6. The van der Waals surface area contributed by atoms with Gasteiger partial charge in [0.05, 0.1) is 47.0 Å². The number of imidazole rings is 1. The van der Waals surface area contributed by atoms with Crippen LogP contribution in [0.4, 0.5) is 19.1 Å². The van der Waals surface area contributed by atoms with E-state index in [1.165, 1.54) is 0 Å². The number of hydrogen-bond donors (Lipinski definition) is 1. The third-order valence-electron chi connectivity index (χ3n) is 6.09. The van der Waals surface area contributed by atoms with Crippen molar-refractivity contribution in [2.45, 2.75) is 44.5 Å². The number of carbonyl (C=O) groups is 1. The van der Waals surface area contributed by atoms with E-state index in [1.54, 1.807) is 24.4 Å². The van der Waals surface area contributed by atoms with Gasteiger partial charge in [-0.05, 0) is 38.0 Å². The number of fused-ring (bicyclic) bond motifs is 3. The number of alkyl halides is 3. The van der Waals surface area contributed by atoms with E-state index in [-0.39, 0.29) is 24.5 Å². The number of ether oxygens (including phenoxy) is 1. The normalized spacial score (nSPS) is 18.3. The van der Waals surface area contributed by atoms with Crippen LogP contribution in [0.15, 0.2) is 36.8 Å². The van der Waals surface area contributed by atoms with Crippen molar-refractivity contribution in [3.8, 4) is 6.07 Å². The molecule has 0 unspecified atom stereocenters. The molecule has 0 bridgehead atoms. The monoisotopic (exact) mass is 495 g/mol. The number of nitrogens with zero attached hydrogens (tertiary/aromatic N) is 6. The minimum Gasteiger partial charge on any atom is -0.378 e. The lowest BCUT2D eigenvalue weighted by molar-refractivity contribution is -0.138. The number of anilines is 1. The van der Waals surface area contributed by atoms with Gasteiger partial charge in [-0.2, -0.15) is 18.4 Å². The molecule has 0 aliphatic carbocycles. The highest BCUT2D eigenvalue weighted by Gasteiger charge is 2.31. The Hall–Kier alpha value is -4.11. The van der Waals surface area contributed by atoms with E-state index in [0.29, 0.717) is 54.3 Å². The molecule has 3 aromatic heterocycles. The van der Waals surface area contributed by atoms with Gasteiger partial charge >= 0.3 is 6.18 Å². The maximum atomic E-state index is 12.9. The Labute approximate surface area is 203 Å². The number of rotatable bonds is 4. The van der Waals surface area contributed by atoms with Crippen LogP contribution in [0.25, 0.3) is 21.9 Å². The predicted octanol–water partition coefficient (Wildman–Crippen LogP) is 4.19. The first-order valence-electron chi connectivity index (χ1n) is 11.2. The summed E-state index contributed by atoms with van der Waals surface area (Å²) in [7, 11) is 0. The summed E-state index contributed by atoms with van der Waals surface area (Å²) in [5, 5.41) is 12.6. The van der Waals surface area contributed by atoms with Gasteiger partial charge in [0.15, 0.2) is 0 Å². The number of nitrogens with one attached hydrogen (secondary N) is 1. The molecule has 4 aromatic rings. The lowest BCUT2D eigenvalue weighted by Gasteiger charge is -2.30. The highest BCUT2D eigenvalue weighted by atomic mass is 19.4. The zero-order chi connectivity index (χ0) is 25.4. The standard InChI is InChI=1S/C24H20F3N7O2/c1-13-6-16(4-5-36-13)34-20(8-21(35)33-23-30-10-15(11-31-23)24(25,26)27)32-19-12-29-18-3-2-14(9-28)7-17(18)22(19)34/h2-3,7,10-13,16H,4-6,8H2,1H3,(H,30,31,33,35)/t13-,16-/m1/s1. The molecule has 0 saturated carbocycles. The summed E-state index contributed by atoms with van der Waals surface area (Å²) in [6, 6.07) is 7.35. The van der Waals surface area contributed by atoms with Crippen LogP contribution in [0.1, 0.15) is 42.8 Å². The number of carbonyl (C=O) groups excluding carboxylic acids is 1. The van der Waals surface area contributed by atoms with Crippen molar-refractivity contribution in [1.29, 1.82) is 5.26 Å². The average molecular weight is 495 g/mol. The van der Waals surface area contributed by atoms with Crippen LogP contribution >= 0.6 is 0 Å². The lowest BCUT2D eigenvalue weighted by atomic mass is 10.0. The predicted molar refractivity (Wildman–Crippen MR) is 123 cm³/mol. The molecule has 1 saturated heterocycles. The number of pyridine rings is 1. The Bertz CT molecular complexity index is 1490. The molecule has 5 rings (SSSR count). The van der Waals surface area contributed by atoms with Gasteiger partial charge in [0.2, 0.25) is 11.9 Å². The molecule has 4 heterocycles. The molecule has 36 heavy (non-hydrogen) atoms. The topological polar surface area (TPSA) is 119 Å². The van der Waals surface area contributed by atoms with Crippen LogP contribution in [-0.4, -0.2) is 43.1 Å².